The molecule has 0 aromatic carbocycles. The molecule has 0 spiro atoms. The van der Waals surface area contributed by atoms with Gasteiger partial charge in [0.2, 0.25) is 0 Å². The van der Waals surface area contributed by atoms with Crippen LogP contribution in [0.3, 0.4) is 0 Å². The van der Waals surface area contributed by atoms with E-state index in [0.717, 1.165) is 12.8 Å². The minimum absolute atomic E-state index is 0.0547. The molecule has 94 valence electrons. The zero-order valence-corrected chi connectivity index (χ0v) is 9.69. The Morgan fingerprint density at radius 2 is 2.35 bits per heavy atom. The largest absolute Gasteiger partial charge is 0.461 e. The van der Waals surface area contributed by atoms with Crippen LogP contribution >= 0.6 is 0 Å². The van der Waals surface area contributed by atoms with Crippen molar-refractivity contribution >= 4 is 5.97 Å². The first-order valence-corrected chi connectivity index (χ1v) is 5.77. The van der Waals surface area contributed by atoms with Gasteiger partial charge in [-0.2, -0.15) is 0 Å². The molecule has 2 rings (SSSR count). The van der Waals surface area contributed by atoms with Gasteiger partial charge in [-0.25, -0.2) is 0 Å². The Bertz CT molecular complexity index is 355. The van der Waals surface area contributed by atoms with Crippen molar-refractivity contribution in [1.82, 2.24) is 4.90 Å². The Morgan fingerprint density at radius 3 is 3.00 bits per heavy atom. The third-order valence-electron chi connectivity index (χ3n) is 3.43. The van der Waals surface area contributed by atoms with Crippen LogP contribution in [0.5, 0.6) is 0 Å². The molecule has 17 heavy (non-hydrogen) atoms. The van der Waals surface area contributed by atoms with E-state index >= 15 is 0 Å². The molecule has 4 atom stereocenters. The number of aliphatic hydroxyl groups is 1. The van der Waals surface area contributed by atoms with Crippen molar-refractivity contribution < 1.29 is 14.6 Å². The molecule has 0 amide bonds. The first-order chi connectivity index (χ1) is 8.11. The topological polar surface area (TPSA) is 98.5 Å². The number of ether oxygens (including phenoxy) is 1. The molecule has 0 aliphatic carbocycles. The van der Waals surface area contributed by atoms with E-state index in [1.54, 1.807) is 0 Å². The van der Waals surface area contributed by atoms with Gasteiger partial charge in [0.05, 0.1) is 6.04 Å². The van der Waals surface area contributed by atoms with Crippen LogP contribution in [0, 0.1) is 0 Å². The van der Waals surface area contributed by atoms with Gasteiger partial charge in [0.1, 0.15) is 12.3 Å². The lowest BCUT2D eigenvalue weighted by Gasteiger charge is -2.35. The maximum atomic E-state index is 11.0. The van der Waals surface area contributed by atoms with Crippen LogP contribution in [-0.2, 0) is 9.53 Å². The fraction of sp³-hybridized carbons (Fsp3) is 0.900. The number of carbonyl (C=O) groups excluding carboxylic acids is 1. The summed E-state index contributed by atoms with van der Waals surface area (Å²) in [5.74, 6) is -0.318. The summed E-state index contributed by atoms with van der Waals surface area (Å²) >= 11 is 0. The van der Waals surface area contributed by atoms with E-state index < -0.39 is 6.23 Å². The van der Waals surface area contributed by atoms with Crippen LogP contribution in [0.2, 0.25) is 0 Å². The smallest absolute Gasteiger partial charge is 0.302 e. The summed E-state index contributed by atoms with van der Waals surface area (Å²) in [5, 5.41) is 13.6. The highest BCUT2D eigenvalue weighted by atomic mass is 16.5. The Hall–Kier alpha value is -1.30. The van der Waals surface area contributed by atoms with Gasteiger partial charge in [-0.3, -0.25) is 9.69 Å². The SMILES string of the molecule is CC(=O)O[C@H]1CC(O)N2C[C@@H](N=[N+]=[N-])CC[C@@H]12. The van der Waals surface area contributed by atoms with Gasteiger partial charge < -0.3 is 9.84 Å². The zero-order valence-electron chi connectivity index (χ0n) is 9.69. The molecule has 0 aromatic heterocycles. The second-order valence-electron chi connectivity index (χ2n) is 4.56. The van der Waals surface area contributed by atoms with Gasteiger partial charge in [0, 0.05) is 30.8 Å². The number of fused-ring (bicyclic) bond motifs is 1. The van der Waals surface area contributed by atoms with Gasteiger partial charge in [0.25, 0.3) is 0 Å². The molecule has 7 heteroatoms. The predicted octanol–water partition coefficient (Wildman–Crippen LogP) is 0.783. The number of hydrogen-bond donors (Lipinski definition) is 1. The van der Waals surface area contributed by atoms with Gasteiger partial charge >= 0.3 is 5.97 Å². The minimum Gasteiger partial charge on any atom is -0.461 e. The number of esters is 1. The van der Waals surface area contributed by atoms with Crippen molar-refractivity contribution in [3.63, 3.8) is 0 Å². The predicted molar refractivity (Wildman–Crippen MR) is 58.8 cm³/mol. The number of hydrogen-bond acceptors (Lipinski definition) is 5. The molecule has 7 nitrogen and oxygen atoms in total. The third-order valence-corrected chi connectivity index (χ3v) is 3.43. The minimum atomic E-state index is -0.610. The summed E-state index contributed by atoms with van der Waals surface area (Å²) in [6.07, 6.45) is 1.14. The van der Waals surface area contributed by atoms with Crippen molar-refractivity contribution in [1.29, 1.82) is 0 Å². The van der Waals surface area contributed by atoms with E-state index in [1.165, 1.54) is 6.92 Å². The number of aliphatic hydroxyl groups excluding tert-OH is 1. The van der Waals surface area contributed by atoms with Crippen LogP contribution in [0.1, 0.15) is 26.2 Å². The lowest BCUT2D eigenvalue weighted by molar-refractivity contribution is -0.147. The Balaban J connectivity index is 2.03. The molecule has 0 saturated carbocycles. The summed E-state index contributed by atoms with van der Waals surface area (Å²) < 4.78 is 5.20. The van der Waals surface area contributed by atoms with Gasteiger partial charge in [-0.05, 0) is 18.4 Å². The van der Waals surface area contributed by atoms with E-state index in [2.05, 4.69) is 10.0 Å². The second-order valence-corrected chi connectivity index (χ2v) is 4.56. The summed E-state index contributed by atoms with van der Waals surface area (Å²) in [6, 6.07) is -0.0407. The molecule has 2 saturated heterocycles. The van der Waals surface area contributed by atoms with Gasteiger partial charge in [-0.1, -0.05) is 5.11 Å². The number of piperidine rings is 1. The standard InChI is InChI=1S/C10H16N4O3/c1-6(15)17-9-4-10(16)14-5-7(12-13-11)2-3-8(9)14/h7-10,16H,2-5H2,1H3/t7-,8-,9-,10?/m0/s1. The van der Waals surface area contributed by atoms with Crippen molar-refractivity contribution in [3.8, 4) is 0 Å². The van der Waals surface area contributed by atoms with Crippen LogP contribution in [0.15, 0.2) is 5.11 Å². The van der Waals surface area contributed by atoms with E-state index in [1.807, 2.05) is 4.90 Å². The highest BCUT2D eigenvalue weighted by molar-refractivity contribution is 5.66. The summed E-state index contributed by atoms with van der Waals surface area (Å²) in [6.45, 7) is 1.91. The third kappa shape index (κ3) is 2.52. The van der Waals surface area contributed by atoms with Crippen molar-refractivity contribution in [2.45, 2.75) is 50.6 Å². The number of nitrogens with zero attached hydrogens (tertiary/aromatic N) is 4. The lowest BCUT2D eigenvalue weighted by atomic mass is 9.98. The summed E-state index contributed by atoms with van der Waals surface area (Å²) in [4.78, 5) is 15.6. The average molecular weight is 240 g/mol. The molecule has 2 heterocycles. The van der Waals surface area contributed by atoms with E-state index in [4.69, 9.17) is 10.3 Å². The van der Waals surface area contributed by atoms with Crippen LogP contribution in [0.25, 0.3) is 10.4 Å². The molecule has 2 fully saturated rings. The molecule has 2 aliphatic heterocycles. The van der Waals surface area contributed by atoms with E-state index in [-0.39, 0.29) is 24.2 Å². The lowest BCUT2D eigenvalue weighted by Crippen LogP contribution is -2.47. The maximum Gasteiger partial charge on any atom is 0.302 e. The van der Waals surface area contributed by atoms with Crippen LogP contribution < -0.4 is 0 Å². The fourth-order valence-electron chi connectivity index (χ4n) is 2.75. The quantitative estimate of drug-likeness (QED) is 0.334. The Labute approximate surface area is 99.0 Å². The van der Waals surface area contributed by atoms with E-state index in [0.29, 0.717) is 13.0 Å². The fourth-order valence-corrected chi connectivity index (χ4v) is 2.75. The number of rotatable bonds is 2. The first-order valence-electron chi connectivity index (χ1n) is 5.77. The highest BCUT2D eigenvalue weighted by Gasteiger charge is 2.45. The van der Waals surface area contributed by atoms with Gasteiger partial charge in [-0.15, -0.1) is 0 Å². The van der Waals surface area contributed by atoms with E-state index in [9.17, 15) is 9.90 Å². The Kier molecular flexibility index (Phi) is 3.51. The normalized spacial score (nSPS) is 37.1. The van der Waals surface area contributed by atoms with Crippen LogP contribution in [-0.4, -0.2) is 46.9 Å². The second kappa shape index (κ2) is 4.91. The average Bonchev–Trinajstić information content (AvgIpc) is 2.55. The zero-order chi connectivity index (χ0) is 12.4. The van der Waals surface area contributed by atoms with Crippen LogP contribution in [0.4, 0.5) is 0 Å². The molecule has 2 aliphatic rings. The van der Waals surface area contributed by atoms with Crippen molar-refractivity contribution in [3.05, 3.63) is 10.4 Å². The van der Waals surface area contributed by atoms with Gasteiger partial charge in [0.15, 0.2) is 0 Å². The molecule has 0 aromatic rings. The molecule has 0 bridgehead atoms. The highest BCUT2D eigenvalue weighted by Crippen LogP contribution is 2.33. The monoisotopic (exact) mass is 240 g/mol. The molecule has 0 radical (unpaired) electrons. The molecule has 1 unspecified atom stereocenters. The number of azide groups is 1. The van der Waals surface area contributed by atoms with Crippen molar-refractivity contribution in [2.24, 2.45) is 5.11 Å². The Morgan fingerprint density at radius 1 is 1.59 bits per heavy atom. The summed E-state index contributed by atoms with van der Waals surface area (Å²) in [5.41, 5.74) is 8.40. The maximum absolute atomic E-state index is 11.0. The molecule has 1 N–H and O–H groups in total. The summed E-state index contributed by atoms with van der Waals surface area (Å²) in [7, 11) is 0. The van der Waals surface area contributed by atoms with Crippen molar-refractivity contribution in [2.75, 3.05) is 6.54 Å². The molecular weight excluding hydrogens is 224 g/mol. The first kappa shape index (κ1) is 12.2. The number of carbonyl (C=O) groups is 1. The molecular formula is C10H16N4O3.